The van der Waals surface area contributed by atoms with Gasteiger partial charge in [-0.25, -0.2) is 9.97 Å². The number of aromatic nitrogens is 5. The van der Waals surface area contributed by atoms with Gasteiger partial charge in [-0.05, 0) is 26.3 Å². The van der Waals surface area contributed by atoms with Crippen LogP contribution in [-0.4, -0.2) is 36.8 Å². The van der Waals surface area contributed by atoms with Crippen LogP contribution in [0.15, 0.2) is 24.8 Å². The summed E-state index contributed by atoms with van der Waals surface area (Å²) >= 11 is 0. The molecular weight excluding hydrogens is 292 g/mol. The second kappa shape index (κ2) is 6.20. The van der Waals surface area contributed by atoms with Crippen LogP contribution in [0.2, 0.25) is 0 Å². The Labute approximate surface area is 134 Å². The Morgan fingerprint density at radius 2 is 2.17 bits per heavy atom. The molecule has 3 aromatic rings. The van der Waals surface area contributed by atoms with Crippen LogP contribution >= 0.6 is 0 Å². The third-order valence-electron chi connectivity index (χ3n) is 3.78. The predicted octanol–water partition coefficient (Wildman–Crippen LogP) is 1.60. The summed E-state index contributed by atoms with van der Waals surface area (Å²) in [7, 11) is 1.84. The molecule has 3 heterocycles. The number of hydrogen-bond acceptors (Lipinski definition) is 4. The minimum atomic E-state index is -0.0813. The molecular formula is C16H20N6O. The van der Waals surface area contributed by atoms with E-state index in [0.717, 1.165) is 35.4 Å². The van der Waals surface area contributed by atoms with Gasteiger partial charge in [0.2, 0.25) is 0 Å². The smallest absolute Gasteiger partial charge is 0.252 e. The second-order valence-electron chi connectivity index (χ2n) is 5.63. The lowest BCUT2D eigenvalue weighted by molar-refractivity contribution is 0.0954. The molecule has 3 rings (SSSR count). The minimum absolute atomic E-state index is 0.0813. The molecule has 0 unspecified atom stereocenters. The first-order valence-electron chi connectivity index (χ1n) is 7.61. The molecule has 0 aliphatic rings. The van der Waals surface area contributed by atoms with E-state index < -0.39 is 0 Å². The zero-order chi connectivity index (χ0) is 16.4. The van der Waals surface area contributed by atoms with Crippen molar-refractivity contribution < 1.29 is 4.79 Å². The summed E-state index contributed by atoms with van der Waals surface area (Å²) in [5, 5.41) is 8.17. The largest absolute Gasteiger partial charge is 0.352 e. The van der Waals surface area contributed by atoms with Crippen molar-refractivity contribution in [3.8, 4) is 0 Å². The van der Waals surface area contributed by atoms with Crippen molar-refractivity contribution in [3.05, 3.63) is 41.7 Å². The van der Waals surface area contributed by atoms with E-state index in [-0.39, 0.29) is 5.91 Å². The molecule has 0 aliphatic carbocycles. The summed E-state index contributed by atoms with van der Waals surface area (Å²) < 4.78 is 3.71. The topological polar surface area (TPSA) is 77.6 Å². The van der Waals surface area contributed by atoms with Gasteiger partial charge >= 0.3 is 0 Å². The zero-order valence-electron chi connectivity index (χ0n) is 13.6. The molecule has 0 aliphatic heterocycles. The number of carbonyl (C=O) groups is 1. The third kappa shape index (κ3) is 3.08. The molecule has 1 amide bonds. The van der Waals surface area contributed by atoms with Crippen LogP contribution in [-0.2, 0) is 13.6 Å². The van der Waals surface area contributed by atoms with Crippen LogP contribution in [0, 0.1) is 13.8 Å². The number of hydrogen-bond donors (Lipinski definition) is 1. The van der Waals surface area contributed by atoms with Crippen molar-refractivity contribution in [2.45, 2.75) is 26.8 Å². The van der Waals surface area contributed by atoms with Crippen LogP contribution in [0.25, 0.3) is 11.0 Å². The van der Waals surface area contributed by atoms with Gasteiger partial charge in [0.25, 0.3) is 5.91 Å². The van der Waals surface area contributed by atoms with Crippen molar-refractivity contribution in [1.82, 2.24) is 29.6 Å². The number of nitrogens with one attached hydrogen (secondary N) is 1. The first-order chi connectivity index (χ1) is 11.1. The Hall–Kier alpha value is -2.70. The summed E-state index contributed by atoms with van der Waals surface area (Å²) in [4.78, 5) is 21.0. The van der Waals surface area contributed by atoms with Gasteiger partial charge in [-0.3, -0.25) is 9.48 Å². The molecule has 3 aromatic heterocycles. The van der Waals surface area contributed by atoms with Gasteiger partial charge in [0.1, 0.15) is 0 Å². The quantitative estimate of drug-likeness (QED) is 0.726. The fourth-order valence-corrected chi connectivity index (χ4v) is 2.73. The van der Waals surface area contributed by atoms with Gasteiger partial charge in [0.05, 0.1) is 23.0 Å². The second-order valence-corrected chi connectivity index (χ2v) is 5.63. The molecule has 0 radical (unpaired) electrons. The van der Waals surface area contributed by atoms with E-state index in [1.807, 2.05) is 37.7 Å². The Morgan fingerprint density at radius 3 is 2.91 bits per heavy atom. The molecule has 0 aromatic carbocycles. The third-order valence-corrected chi connectivity index (χ3v) is 3.78. The standard InChI is InChI=1S/C16H20N6O/c1-11-9-13(14-12(2)20-21(3)15(14)19-11)16(23)18-5-4-7-22-8-6-17-10-22/h6,8-10H,4-5,7H2,1-3H3,(H,18,23). The van der Waals surface area contributed by atoms with E-state index in [2.05, 4.69) is 20.4 Å². The fraction of sp³-hybridized carbons (Fsp3) is 0.375. The highest BCUT2D eigenvalue weighted by Gasteiger charge is 2.17. The summed E-state index contributed by atoms with van der Waals surface area (Å²) in [6.07, 6.45) is 6.29. The number of aryl methyl sites for hydroxylation is 4. The van der Waals surface area contributed by atoms with E-state index in [0.29, 0.717) is 12.1 Å². The monoisotopic (exact) mass is 312 g/mol. The maximum Gasteiger partial charge on any atom is 0.252 e. The average Bonchev–Trinajstić information content (AvgIpc) is 3.12. The zero-order valence-corrected chi connectivity index (χ0v) is 13.6. The van der Waals surface area contributed by atoms with Gasteiger partial charge in [0, 0.05) is 38.2 Å². The van der Waals surface area contributed by atoms with Gasteiger partial charge in [0.15, 0.2) is 5.65 Å². The minimum Gasteiger partial charge on any atom is -0.352 e. The van der Waals surface area contributed by atoms with Crippen molar-refractivity contribution in [3.63, 3.8) is 0 Å². The number of imidazole rings is 1. The lowest BCUT2D eigenvalue weighted by Crippen LogP contribution is -2.25. The van der Waals surface area contributed by atoms with E-state index in [1.165, 1.54) is 0 Å². The van der Waals surface area contributed by atoms with Crippen LogP contribution in [0.4, 0.5) is 0 Å². The Balaban J connectivity index is 1.73. The first-order valence-corrected chi connectivity index (χ1v) is 7.61. The van der Waals surface area contributed by atoms with Gasteiger partial charge in [-0.15, -0.1) is 0 Å². The Bertz CT molecular complexity index is 834. The number of pyridine rings is 1. The number of nitrogens with zero attached hydrogens (tertiary/aromatic N) is 5. The fourth-order valence-electron chi connectivity index (χ4n) is 2.73. The van der Waals surface area contributed by atoms with Gasteiger partial charge < -0.3 is 9.88 Å². The number of fused-ring (bicyclic) bond motifs is 1. The lowest BCUT2D eigenvalue weighted by atomic mass is 10.1. The summed E-state index contributed by atoms with van der Waals surface area (Å²) in [5.41, 5.74) is 3.01. The summed E-state index contributed by atoms with van der Waals surface area (Å²) in [6.45, 7) is 5.23. The highest BCUT2D eigenvalue weighted by Crippen LogP contribution is 2.21. The molecule has 1 N–H and O–H groups in total. The predicted molar refractivity (Wildman–Crippen MR) is 87.2 cm³/mol. The number of rotatable bonds is 5. The molecule has 0 atom stereocenters. The van der Waals surface area contributed by atoms with Crippen molar-refractivity contribution in [2.75, 3.05) is 6.54 Å². The van der Waals surface area contributed by atoms with Crippen molar-refractivity contribution >= 4 is 16.9 Å². The van der Waals surface area contributed by atoms with Gasteiger partial charge in [-0.2, -0.15) is 5.10 Å². The van der Waals surface area contributed by atoms with E-state index >= 15 is 0 Å². The van der Waals surface area contributed by atoms with E-state index in [1.54, 1.807) is 17.2 Å². The highest BCUT2D eigenvalue weighted by molar-refractivity contribution is 6.06. The van der Waals surface area contributed by atoms with E-state index in [9.17, 15) is 4.79 Å². The molecule has 0 saturated carbocycles. The Kier molecular flexibility index (Phi) is 4.10. The molecule has 0 bridgehead atoms. The Morgan fingerprint density at radius 1 is 1.35 bits per heavy atom. The molecule has 23 heavy (non-hydrogen) atoms. The maximum absolute atomic E-state index is 12.5. The van der Waals surface area contributed by atoms with E-state index in [4.69, 9.17) is 0 Å². The normalized spacial score (nSPS) is 11.1. The van der Waals surface area contributed by atoms with Crippen LogP contribution in [0.3, 0.4) is 0 Å². The van der Waals surface area contributed by atoms with Crippen LogP contribution in [0.1, 0.15) is 28.2 Å². The maximum atomic E-state index is 12.5. The molecule has 0 saturated heterocycles. The number of carbonyl (C=O) groups excluding carboxylic acids is 1. The van der Waals surface area contributed by atoms with Gasteiger partial charge in [-0.1, -0.05) is 0 Å². The van der Waals surface area contributed by atoms with Crippen LogP contribution < -0.4 is 5.32 Å². The molecule has 7 nitrogen and oxygen atoms in total. The summed E-state index contributed by atoms with van der Waals surface area (Å²) in [5.74, 6) is -0.0813. The average molecular weight is 312 g/mol. The van der Waals surface area contributed by atoms with Crippen molar-refractivity contribution in [2.24, 2.45) is 7.05 Å². The molecule has 7 heteroatoms. The number of amides is 1. The van der Waals surface area contributed by atoms with Crippen LogP contribution in [0.5, 0.6) is 0 Å². The molecule has 120 valence electrons. The molecule has 0 spiro atoms. The SMILES string of the molecule is Cc1cc(C(=O)NCCCn2ccnc2)c2c(C)nn(C)c2n1. The lowest BCUT2D eigenvalue weighted by Gasteiger charge is -2.08. The van der Waals surface area contributed by atoms with Crippen molar-refractivity contribution in [1.29, 1.82) is 0 Å². The summed E-state index contributed by atoms with van der Waals surface area (Å²) in [6, 6.07) is 1.82. The molecule has 0 fully saturated rings. The first kappa shape index (κ1) is 15.2. The highest BCUT2D eigenvalue weighted by atomic mass is 16.1.